The van der Waals surface area contributed by atoms with E-state index in [1.54, 1.807) is 6.26 Å². The molecular formula is C12H22N4O. The first-order chi connectivity index (χ1) is 8.20. The van der Waals surface area contributed by atoms with E-state index in [2.05, 4.69) is 27.1 Å². The Morgan fingerprint density at radius 2 is 2.47 bits per heavy atom. The summed E-state index contributed by atoms with van der Waals surface area (Å²) in [4.78, 5) is 8.96. The van der Waals surface area contributed by atoms with Crippen LogP contribution in [-0.4, -0.2) is 50.2 Å². The summed E-state index contributed by atoms with van der Waals surface area (Å²) in [5, 5.41) is 3.07. The lowest BCUT2D eigenvalue weighted by Crippen LogP contribution is -2.36. The number of rotatable bonds is 5. The maximum absolute atomic E-state index is 5.48. The highest BCUT2D eigenvalue weighted by molar-refractivity contribution is 5.25. The van der Waals surface area contributed by atoms with Crippen LogP contribution in [0.3, 0.4) is 0 Å². The van der Waals surface area contributed by atoms with Gasteiger partial charge >= 0.3 is 0 Å². The molecule has 0 radical (unpaired) electrons. The van der Waals surface area contributed by atoms with Crippen molar-refractivity contribution in [3.63, 3.8) is 0 Å². The Kier molecular flexibility index (Phi) is 4.02. The van der Waals surface area contributed by atoms with Crippen molar-refractivity contribution in [2.24, 2.45) is 0 Å². The molecule has 1 aromatic rings. The number of likely N-dealkylation sites (N-methyl/N-ethyl adjacent to an activating group) is 2. The lowest BCUT2D eigenvalue weighted by Gasteiger charge is -2.24. The van der Waals surface area contributed by atoms with Gasteiger partial charge in [0.05, 0.1) is 5.69 Å². The van der Waals surface area contributed by atoms with Gasteiger partial charge in [-0.1, -0.05) is 0 Å². The lowest BCUT2D eigenvalue weighted by molar-refractivity contribution is 0.311. The average molecular weight is 238 g/mol. The second-order valence-corrected chi connectivity index (χ2v) is 4.81. The summed E-state index contributed by atoms with van der Waals surface area (Å²) in [6.07, 6.45) is 4.29. The monoisotopic (exact) mass is 238 g/mol. The van der Waals surface area contributed by atoms with Gasteiger partial charge in [0, 0.05) is 26.2 Å². The van der Waals surface area contributed by atoms with Gasteiger partial charge in [-0.05, 0) is 33.5 Å². The maximum Gasteiger partial charge on any atom is 0.297 e. The summed E-state index contributed by atoms with van der Waals surface area (Å²) in [5.74, 6) is 0. The lowest BCUT2D eigenvalue weighted by atomic mass is 10.2. The zero-order valence-electron chi connectivity index (χ0n) is 10.9. The van der Waals surface area contributed by atoms with E-state index in [1.807, 2.05) is 14.1 Å². The highest BCUT2D eigenvalue weighted by Gasteiger charge is 2.23. The third-order valence-corrected chi connectivity index (χ3v) is 3.38. The molecule has 0 bridgehead atoms. The van der Waals surface area contributed by atoms with Crippen LogP contribution in [0.5, 0.6) is 0 Å². The van der Waals surface area contributed by atoms with Crippen molar-refractivity contribution in [2.75, 3.05) is 39.1 Å². The van der Waals surface area contributed by atoms with Crippen molar-refractivity contribution >= 4 is 6.01 Å². The summed E-state index contributed by atoms with van der Waals surface area (Å²) < 4.78 is 5.48. The summed E-state index contributed by atoms with van der Waals surface area (Å²) in [6, 6.07) is 1.34. The third-order valence-electron chi connectivity index (χ3n) is 3.38. The molecule has 0 amide bonds. The number of nitrogens with one attached hydrogen (secondary N) is 1. The van der Waals surface area contributed by atoms with Gasteiger partial charge in [-0.15, -0.1) is 0 Å². The molecule has 0 spiro atoms. The fourth-order valence-electron chi connectivity index (χ4n) is 2.34. The van der Waals surface area contributed by atoms with Crippen LogP contribution < -0.4 is 10.2 Å². The largest absolute Gasteiger partial charge is 0.432 e. The minimum absolute atomic E-state index is 0.625. The Balaban J connectivity index is 1.91. The number of likely N-dealkylation sites (tertiary alicyclic amines) is 1. The minimum atomic E-state index is 0.625. The van der Waals surface area contributed by atoms with Gasteiger partial charge in [0.1, 0.15) is 6.26 Å². The predicted molar refractivity (Wildman–Crippen MR) is 68.2 cm³/mol. The molecule has 2 heterocycles. The number of anilines is 1. The van der Waals surface area contributed by atoms with Crippen LogP contribution in [0.2, 0.25) is 0 Å². The molecular weight excluding hydrogens is 216 g/mol. The zero-order valence-corrected chi connectivity index (χ0v) is 10.9. The van der Waals surface area contributed by atoms with E-state index in [0.29, 0.717) is 6.04 Å². The number of hydrogen-bond acceptors (Lipinski definition) is 5. The predicted octanol–water partition coefficient (Wildman–Crippen LogP) is 0.924. The molecule has 17 heavy (non-hydrogen) atoms. The van der Waals surface area contributed by atoms with E-state index in [4.69, 9.17) is 4.42 Å². The normalized spacial score (nSPS) is 21.0. The number of oxazole rings is 1. The molecule has 5 heteroatoms. The van der Waals surface area contributed by atoms with Gasteiger partial charge in [-0.2, -0.15) is 4.98 Å². The number of aromatic nitrogens is 1. The fourth-order valence-corrected chi connectivity index (χ4v) is 2.34. The van der Waals surface area contributed by atoms with Crippen LogP contribution in [0.15, 0.2) is 10.7 Å². The van der Waals surface area contributed by atoms with Gasteiger partial charge in [0.15, 0.2) is 0 Å². The van der Waals surface area contributed by atoms with Crippen LogP contribution in [0.4, 0.5) is 6.01 Å². The van der Waals surface area contributed by atoms with E-state index in [1.165, 1.54) is 19.4 Å². The Bertz CT molecular complexity index is 352. The SMILES string of the molecule is CNCc1coc(N(C)CC2CCCN2C)n1. The quantitative estimate of drug-likeness (QED) is 0.826. The van der Waals surface area contributed by atoms with Gasteiger partial charge < -0.3 is 19.5 Å². The molecule has 1 aliphatic heterocycles. The first-order valence-corrected chi connectivity index (χ1v) is 6.21. The van der Waals surface area contributed by atoms with Crippen molar-refractivity contribution in [1.82, 2.24) is 15.2 Å². The molecule has 0 aromatic carbocycles. The van der Waals surface area contributed by atoms with Crippen LogP contribution in [0, 0.1) is 0 Å². The molecule has 2 rings (SSSR count). The molecule has 0 saturated carbocycles. The first-order valence-electron chi connectivity index (χ1n) is 6.21. The number of nitrogens with zero attached hydrogens (tertiary/aromatic N) is 3. The van der Waals surface area contributed by atoms with E-state index in [0.717, 1.165) is 24.8 Å². The van der Waals surface area contributed by atoms with Crippen molar-refractivity contribution in [3.8, 4) is 0 Å². The van der Waals surface area contributed by atoms with Gasteiger partial charge in [-0.3, -0.25) is 0 Å². The van der Waals surface area contributed by atoms with Gasteiger partial charge in [-0.25, -0.2) is 0 Å². The molecule has 1 aromatic heterocycles. The Morgan fingerprint density at radius 1 is 1.65 bits per heavy atom. The van der Waals surface area contributed by atoms with Crippen LogP contribution in [0.25, 0.3) is 0 Å². The molecule has 5 nitrogen and oxygen atoms in total. The molecule has 1 unspecified atom stereocenters. The first kappa shape index (κ1) is 12.4. The summed E-state index contributed by atoms with van der Waals surface area (Å²) >= 11 is 0. The average Bonchev–Trinajstić information content (AvgIpc) is 2.90. The molecule has 1 atom stereocenters. The maximum atomic E-state index is 5.48. The van der Waals surface area contributed by atoms with Gasteiger partial charge in [0.2, 0.25) is 0 Å². The van der Waals surface area contributed by atoms with E-state index >= 15 is 0 Å². The topological polar surface area (TPSA) is 44.5 Å². The van der Waals surface area contributed by atoms with Crippen LogP contribution in [0.1, 0.15) is 18.5 Å². The van der Waals surface area contributed by atoms with E-state index < -0.39 is 0 Å². The van der Waals surface area contributed by atoms with Crippen molar-refractivity contribution in [1.29, 1.82) is 0 Å². The third kappa shape index (κ3) is 2.98. The molecule has 96 valence electrons. The summed E-state index contributed by atoms with van der Waals surface area (Å²) in [7, 11) is 6.14. The molecule has 1 aliphatic rings. The van der Waals surface area contributed by atoms with Crippen molar-refractivity contribution in [3.05, 3.63) is 12.0 Å². The zero-order chi connectivity index (χ0) is 12.3. The summed E-state index contributed by atoms with van der Waals surface area (Å²) in [5.41, 5.74) is 0.953. The Morgan fingerprint density at radius 3 is 3.12 bits per heavy atom. The summed E-state index contributed by atoms with van der Waals surface area (Å²) in [6.45, 7) is 2.94. The Labute approximate surface area is 103 Å². The number of hydrogen-bond donors (Lipinski definition) is 1. The molecule has 1 N–H and O–H groups in total. The van der Waals surface area contributed by atoms with Crippen molar-refractivity contribution in [2.45, 2.75) is 25.4 Å². The highest BCUT2D eigenvalue weighted by atomic mass is 16.4. The smallest absolute Gasteiger partial charge is 0.297 e. The molecule has 1 saturated heterocycles. The minimum Gasteiger partial charge on any atom is -0.432 e. The van der Waals surface area contributed by atoms with Gasteiger partial charge in [0.25, 0.3) is 6.01 Å². The highest BCUT2D eigenvalue weighted by Crippen LogP contribution is 2.18. The standard InChI is InChI=1S/C12H22N4O/c1-13-7-10-9-17-12(14-10)16(3)8-11-5-4-6-15(11)2/h9,11,13H,4-8H2,1-3H3. The second kappa shape index (κ2) is 5.51. The van der Waals surface area contributed by atoms with Crippen LogP contribution in [-0.2, 0) is 6.54 Å². The molecule has 1 fully saturated rings. The van der Waals surface area contributed by atoms with Crippen LogP contribution >= 0.6 is 0 Å². The van der Waals surface area contributed by atoms with E-state index in [9.17, 15) is 0 Å². The van der Waals surface area contributed by atoms with Crippen molar-refractivity contribution < 1.29 is 4.42 Å². The Hall–Kier alpha value is -1.07. The fraction of sp³-hybridized carbons (Fsp3) is 0.750. The van der Waals surface area contributed by atoms with E-state index in [-0.39, 0.29) is 0 Å². The molecule has 0 aliphatic carbocycles. The second-order valence-electron chi connectivity index (χ2n) is 4.81.